The number of hydrogen-bond acceptors (Lipinski definition) is 4. The first-order chi connectivity index (χ1) is 7.50. The number of amidine groups is 1. The fraction of sp³-hybridized carbons (Fsp3) is 0.636. The smallest absolute Gasteiger partial charge is 0.322 e. The molecule has 0 aromatic carbocycles. The van der Waals surface area contributed by atoms with E-state index in [0.29, 0.717) is 13.1 Å². The van der Waals surface area contributed by atoms with Crippen molar-refractivity contribution in [3.63, 3.8) is 0 Å². The molecule has 0 bridgehead atoms. The molecule has 2 aliphatic heterocycles. The van der Waals surface area contributed by atoms with Gasteiger partial charge < -0.3 is 10.0 Å². The topological polar surface area (TPSA) is 64.9 Å². The number of nitrogens with one attached hydrogen (secondary N) is 1. The maximum Gasteiger partial charge on any atom is 0.322 e. The summed E-state index contributed by atoms with van der Waals surface area (Å²) in [7, 11) is 0. The van der Waals surface area contributed by atoms with Crippen molar-refractivity contribution in [1.29, 1.82) is 0 Å². The molecule has 1 fully saturated rings. The second kappa shape index (κ2) is 3.90. The largest absolute Gasteiger partial charge is 0.480 e. The molecule has 0 radical (unpaired) electrons. The van der Waals surface area contributed by atoms with Crippen LogP contribution in [0.2, 0.25) is 0 Å². The molecule has 2 unspecified atom stereocenters. The average molecular weight is 223 g/mol. The number of aliphatic imine (C=N–C) groups is 1. The van der Waals surface area contributed by atoms with Gasteiger partial charge in [0, 0.05) is 12.2 Å². The molecule has 5 heteroatoms. The normalized spacial score (nSPS) is 29.9. The lowest BCUT2D eigenvalue weighted by Crippen LogP contribution is -2.55. The standard InChI is InChI=1S/C11H17N3O2/c1-6-7(2)13-8(3)14-5-9(11(15)16)12-4-10(6)14/h7,9,12H,4-5H2,1-3H3,(H,15,16). The number of fused-ring (bicyclic) bond motifs is 1. The number of carbonyl (C=O) groups is 1. The first kappa shape index (κ1) is 11.1. The van der Waals surface area contributed by atoms with Crippen LogP contribution in [-0.4, -0.2) is 47.0 Å². The molecular formula is C11H17N3O2. The Morgan fingerprint density at radius 1 is 1.56 bits per heavy atom. The Kier molecular flexibility index (Phi) is 2.71. The van der Waals surface area contributed by atoms with Gasteiger partial charge in [-0.2, -0.15) is 0 Å². The minimum atomic E-state index is -0.803. The zero-order valence-corrected chi connectivity index (χ0v) is 9.82. The van der Waals surface area contributed by atoms with Gasteiger partial charge >= 0.3 is 5.97 Å². The average Bonchev–Trinajstić information content (AvgIpc) is 2.25. The van der Waals surface area contributed by atoms with Crippen LogP contribution < -0.4 is 5.32 Å². The molecule has 0 amide bonds. The summed E-state index contributed by atoms with van der Waals surface area (Å²) < 4.78 is 0. The zero-order valence-electron chi connectivity index (χ0n) is 9.82. The van der Waals surface area contributed by atoms with Crippen LogP contribution in [0.5, 0.6) is 0 Å². The van der Waals surface area contributed by atoms with E-state index in [9.17, 15) is 4.79 Å². The van der Waals surface area contributed by atoms with Crippen molar-refractivity contribution in [2.24, 2.45) is 4.99 Å². The highest BCUT2D eigenvalue weighted by Crippen LogP contribution is 2.24. The summed E-state index contributed by atoms with van der Waals surface area (Å²) in [6, 6.07) is -0.301. The van der Waals surface area contributed by atoms with Crippen LogP contribution in [0.4, 0.5) is 0 Å². The highest BCUT2D eigenvalue weighted by molar-refractivity contribution is 5.85. The molecule has 0 saturated carbocycles. The molecule has 88 valence electrons. The third kappa shape index (κ3) is 1.71. The van der Waals surface area contributed by atoms with Gasteiger partial charge in [-0.15, -0.1) is 0 Å². The maximum atomic E-state index is 10.9. The molecular weight excluding hydrogens is 206 g/mol. The first-order valence-corrected chi connectivity index (χ1v) is 5.48. The molecule has 2 N–H and O–H groups in total. The van der Waals surface area contributed by atoms with Crippen molar-refractivity contribution < 1.29 is 9.90 Å². The summed E-state index contributed by atoms with van der Waals surface area (Å²) in [5.74, 6) is 0.115. The van der Waals surface area contributed by atoms with Crippen LogP contribution >= 0.6 is 0 Å². The molecule has 1 saturated heterocycles. The highest BCUT2D eigenvalue weighted by atomic mass is 16.4. The van der Waals surface area contributed by atoms with Crippen molar-refractivity contribution >= 4 is 11.8 Å². The summed E-state index contributed by atoms with van der Waals surface area (Å²) in [5.41, 5.74) is 2.40. The molecule has 2 heterocycles. The molecule has 0 aliphatic carbocycles. The van der Waals surface area contributed by atoms with Crippen molar-refractivity contribution in [3.05, 3.63) is 11.3 Å². The number of piperazine rings is 1. The van der Waals surface area contributed by atoms with Gasteiger partial charge in [-0.05, 0) is 26.3 Å². The summed E-state index contributed by atoms with van der Waals surface area (Å²) in [6.07, 6.45) is 0. The fourth-order valence-corrected chi connectivity index (χ4v) is 2.21. The van der Waals surface area contributed by atoms with Gasteiger partial charge in [0.15, 0.2) is 0 Å². The summed E-state index contributed by atoms with van der Waals surface area (Å²) in [6.45, 7) is 7.13. The molecule has 16 heavy (non-hydrogen) atoms. The van der Waals surface area contributed by atoms with Crippen LogP contribution in [0.1, 0.15) is 20.8 Å². The van der Waals surface area contributed by atoms with Crippen molar-refractivity contribution in [1.82, 2.24) is 10.2 Å². The monoisotopic (exact) mass is 223 g/mol. The van der Waals surface area contributed by atoms with Gasteiger partial charge in [0.05, 0.1) is 12.6 Å². The predicted molar refractivity (Wildman–Crippen MR) is 61.4 cm³/mol. The van der Waals surface area contributed by atoms with Crippen molar-refractivity contribution in [3.8, 4) is 0 Å². The van der Waals surface area contributed by atoms with Gasteiger partial charge in [-0.1, -0.05) is 0 Å². The van der Waals surface area contributed by atoms with E-state index >= 15 is 0 Å². The van der Waals surface area contributed by atoms with Crippen LogP contribution in [0.3, 0.4) is 0 Å². The number of aliphatic carboxylic acids is 1. The van der Waals surface area contributed by atoms with Crippen LogP contribution in [0, 0.1) is 0 Å². The Bertz CT molecular complexity index is 387. The molecule has 0 aromatic heterocycles. The van der Waals surface area contributed by atoms with Crippen LogP contribution in [0.25, 0.3) is 0 Å². The zero-order chi connectivity index (χ0) is 11.9. The van der Waals surface area contributed by atoms with E-state index in [4.69, 9.17) is 5.11 Å². The minimum absolute atomic E-state index is 0.203. The molecule has 2 atom stereocenters. The Morgan fingerprint density at radius 3 is 2.88 bits per heavy atom. The van der Waals surface area contributed by atoms with E-state index in [1.54, 1.807) is 0 Å². The second-order valence-corrected chi connectivity index (χ2v) is 4.36. The quantitative estimate of drug-likeness (QED) is 0.677. The van der Waals surface area contributed by atoms with Gasteiger partial charge in [-0.25, -0.2) is 0 Å². The second-order valence-electron chi connectivity index (χ2n) is 4.36. The van der Waals surface area contributed by atoms with Gasteiger partial charge in [0.25, 0.3) is 0 Å². The Hall–Kier alpha value is -1.36. The number of carboxylic acid groups (broad SMARTS) is 1. The lowest BCUT2D eigenvalue weighted by molar-refractivity contribution is -0.140. The number of nitrogens with zero attached hydrogens (tertiary/aromatic N) is 2. The summed E-state index contributed by atoms with van der Waals surface area (Å²) in [4.78, 5) is 17.5. The molecule has 0 spiro atoms. The van der Waals surface area contributed by atoms with Gasteiger partial charge in [0.2, 0.25) is 0 Å². The first-order valence-electron chi connectivity index (χ1n) is 5.48. The van der Waals surface area contributed by atoms with Crippen molar-refractivity contribution in [2.75, 3.05) is 13.1 Å². The van der Waals surface area contributed by atoms with Crippen LogP contribution in [0.15, 0.2) is 16.3 Å². The van der Waals surface area contributed by atoms with Crippen LogP contribution in [-0.2, 0) is 4.79 Å². The summed E-state index contributed by atoms with van der Waals surface area (Å²) in [5, 5.41) is 12.0. The van der Waals surface area contributed by atoms with E-state index in [1.165, 1.54) is 11.3 Å². The van der Waals surface area contributed by atoms with E-state index in [1.807, 2.05) is 11.8 Å². The van der Waals surface area contributed by atoms with E-state index in [0.717, 1.165) is 5.84 Å². The van der Waals surface area contributed by atoms with E-state index in [2.05, 4.69) is 24.2 Å². The van der Waals surface area contributed by atoms with Gasteiger partial charge in [0.1, 0.15) is 11.9 Å². The number of hydrogen-bond donors (Lipinski definition) is 2. The van der Waals surface area contributed by atoms with E-state index < -0.39 is 12.0 Å². The summed E-state index contributed by atoms with van der Waals surface area (Å²) >= 11 is 0. The number of rotatable bonds is 1. The fourth-order valence-electron chi connectivity index (χ4n) is 2.21. The molecule has 0 aromatic rings. The third-order valence-electron chi connectivity index (χ3n) is 3.36. The van der Waals surface area contributed by atoms with Gasteiger partial charge in [-0.3, -0.25) is 15.1 Å². The Labute approximate surface area is 94.8 Å². The molecule has 2 rings (SSSR count). The van der Waals surface area contributed by atoms with E-state index in [-0.39, 0.29) is 6.04 Å². The predicted octanol–water partition coefficient (Wildman–Crippen LogP) is 0.439. The lowest BCUT2D eigenvalue weighted by Gasteiger charge is -2.40. The lowest BCUT2D eigenvalue weighted by atomic mass is 10.0. The Balaban J connectivity index is 2.26. The molecule has 5 nitrogen and oxygen atoms in total. The SMILES string of the molecule is CC1=NC(C)C(C)=C2CNC(C(=O)O)CN12. The highest BCUT2D eigenvalue weighted by Gasteiger charge is 2.32. The third-order valence-corrected chi connectivity index (χ3v) is 3.36. The van der Waals surface area contributed by atoms with Crippen molar-refractivity contribution in [2.45, 2.75) is 32.9 Å². The maximum absolute atomic E-state index is 10.9. The Morgan fingerprint density at radius 2 is 2.25 bits per heavy atom. The number of carboxylic acids is 1. The molecule has 2 aliphatic rings. The minimum Gasteiger partial charge on any atom is -0.480 e.